The van der Waals surface area contributed by atoms with Crippen molar-refractivity contribution in [3.05, 3.63) is 42.0 Å². The van der Waals surface area contributed by atoms with Gasteiger partial charge in [0.2, 0.25) is 5.91 Å². The zero-order chi connectivity index (χ0) is 24.7. The van der Waals surface area contributed by atoms with Crippen molar-refractivity contribution >= 4 is 23.5 Å². The Balaban J connectivity index is 0.000000633. The highest BCUT2D eigenvalue weighted by Crippen LogP contribution is 2.28. The lowest BCUT2D eigenvalue weighted by molar-refractivity contribution is -0.192. The number of anilines is 1. The fourth-order valence-corrected chi connectivity index (χ4v) is 2.69. The van der Waals surface area contributed by atoms with Crippen LogP contribution in [0.1, 0.15) is 18.9 Å². The van der Waals surface area contributed by atoms with Crippen LogP contribution in [0, 0.1) is 0 Å². The lowest BCUT2D eigenvalue weighted by Gasteiger charge is -2.21. The summed E-state index contributed by atoms with van der Waals surface area (Å²) >= 11 is 0. The Morgan fingerprint density at radius 1 is 1.19 bits per heavy atom. The first kappa shape index (κ1) is 26.9. The molecule has 0 fully saturated rings. The molecule has 1 unspecified atom stereocenters. The maximum absolute atomic E-state index is 12.7. The first-order valence-electron chi connectivity index (χ1n) is 9.11. The molecule has 0 bridgehead atoms. The zero-order valence-electron chi connectivity index (χ0n) is 16.7. The van der Waals surface area contributed by atoms with Crippen LogP contribution < -0.4 is 16.0 Å². The molecule has 0 radical (unpaired) electrons. The third-order valence-electron chi connectivity index (χ3n) is 4.21. The van der Waals surface area contributed by atoms with Gasteiger partial charge in [0, 0.05) is 24.4 Å². The van der Waals surface area contributed by atoms with E-state index in [9.17, 15) is 35.9 Å². The average Bonchev–Trinajstić information content (AvgIpc) is 3.08. The highest BCUT2D eigenvalue weighted by molar-refractivity contribution is 6.02. The largest absolute Gasteiger partial charge is 0.490 e. The van der Waals surface area contributed by atoms with Gasteiger partial charge in [-0.05, 0) is 25.0 Å². The monoisotopic (exact) mass is 469 g/mol. The summed E-state index contributed by atoms with van der Waals surface area (Å²) in [6, 6.07) is 5.22. The van der Waals surface area contributed by atoms with Crippen LogP contribution in [-0.2, 0) is 20.8 Å². The van der Waals surface area contributed by atoms with Crippen molar-refractivity contribution in [1.82, 2.24) is 5.32 Å². The number of hydrogen-bond donors (Lipinski definition) is 3. The standard InChI is InChI=1S/C17H20F3N3O2.C2HF3O2/c1-11(16(21)25)22-13(10-17(18,19)20)6-7-15(24)23-9-8-12-4-2-3-5-14(12)23;3-2(4,5)1(6)7/h2-7,11,13,22H,8-10H2,1H3,(H2,21,25);(H,6,7)/b7-6+;/t11-,13?;/m0./s1. The van der Waals surface area contributed by atoms with E-state index in [-0.39, 0.29) is 0 Å². The van der Waals surface area contributed by atoms with E-state index < -0.39 is 48.6 Å². The third kappa shape index (κ3) is 8.96. The normalized spacial score (nSPS) is 15.5. The van der Waals surface area contributed by atoms with E-state index in [0.29, 0.717) is 13.0 Å². The maximum Gasteiger partial charge on any atom is 0.490 e. The van der Waals surface area contributed by atoms with Crippen molar-refractivity contribution in [3.8, 4) is 0 Å². The zero-order valence-corrected chi connectivity index (χ0v) is 16.7. The molecule has 0 saturated carbocycles. The summed E-state index contributed by atoms with van der Waals surface area (Å²) in [5.41, 5.74) is 6.87. The fourth-order valence-electron chi connectivity index (χ4n) is 2.69. The number of carboxylic acids is 1. The summed E-state index contributed by atoms with van der Waals surface area (Å²) in [5, 5.41) is 9.61. The molecule has 0 saturated heterocycles. The number of carbonyl (C=O) groups excluding carboxylic acids is 2. The highest BCUT2D eigenvalue weighted by Gasteiger charge is 2.38. The summed E-state index contributed by atoms with van der Waals surface area (Å²) in [6.07, 6.45) is -7.78. The molecule has 0 aliphatic carbocycles. The SMILES string of the molecule is C[C@H](NC(/C=C/C(=O)N1CCc2ccccc21)CC(F)(F)F)C(N)=O.O=C(O)C(F)(F)F. The summed E-state index contributed by atoms with van der Waals surface area (Å²) in [5.74, 6) is -3.92. The summed E-state index contributed by atoms with van der Waals surface area (Å²) in [6.45, 7) is 1.86. The lowest BCUT2D eigenvalue weighted by atomic mass is 10.1. The minimum Gasteiger partial charge on any atom is -0.475 e. The molecule has 0 spiro atoms. The van der Waals surface area contributed by atoms with Crippen LogP contribution in [0.15, 0.2) is 36.4 Å². The Hall–Kier alpha value is -3.09. The van der Waals surface area contributed by atoms with Crippen molar-refractivity contribution in [2.24, 2.45) is 5.73 Å². The molecule has 4 N–H and O–H groups in total. The van der Waals surface area contributed by atoms with E-state index in [0.717, 1.165) is 23.4 Å². The van der Waals surface area contributed by atoms with Crippen molar-refractivity contribution < 1.29 is 45.8 Å². The minimum absolute atomic E-state index is 0.398. The predicted octanol–water partition coefficient (Wildman–Crippen LogP) is 2.55. The molecule has 2 rings (SSSR count). The van der Waals surface area contributed by atoms with E-state index in [1.54, 1.807) is 12.1 Å². The van der Waals surface area contributed by atoms with E-state index in [4.69, 9.17) is 15.6 Å². The van der Waals surface area contributed by atoms with Gasteiger partial charge in [0.1, 0.15) is 0 Å². The highest BCUT2D eigenvalue weighted by atomic mass is 19.4. The van der Waals surface area contributed by atoms with Crippen molar-refractivity contribution in [2.75, 3.05) is 11.4 Å². The Morgan fingerprint density at radius 2 is 1.75 bits per heavy atom. The second-order valence-corrected chi connectivity index (χ2v) is 6.75. The number of primary amides is 1. The molecule has 1 aromatic carbocycles. The Bertz CT molecular complexity index is 854. The van der Waals surface area contributed by atoms with Crippen LogP contribution in [0.4, 0.5) is 32.0 Å². The Labute approximate surface area is 178 Å². The summed E-state index contributed by atoms with van der Waals surface area (Å²) in [7, 11) is 0. The van der Waals surface area contributed by atoms with Crippen LogP contribution >= 0.6 is 0 Å². The van der Waals surface area contributed by atoms with Crippen LogP contribution in [0.5, 0.6) is 0 Å². The van der Waals surface area contributed by atoms with Gasteiger partial charge in [-0.2, -0.15) is 26.3 Å². The van der Waals surface area contributed by atoms with Crippen LogP contribution in [-0.4, -0.2) is 53.9 Å². The number of nitrogens with zero attached hydrogens (tertiary/aromatic N) is 1. The first-order valence-corrected chi connectivity index (χ1v) is 9.11. The van der Waals surface area contributed by atoms with Gasteiger partial charge in [-0.1, -0.05) is 24.3 Å². The number of rotatable bonds is 6. The smallest absolute Gasteiger partial charge is 0.475 e. The molecule has 1 heterocycles. The molecule has 2 atom stereocenters. The number of carbonyl (C=O) groups is 3. The van der Waals surface area contributed by atoms with Gasteiger partial charge in [0.05, 0.1) is 12.5 Å². The second kappa shape index (κ2) is 11.0. The molecule has 7 nitrogen and oxygen atoms in total. The lowest BCUT2D eigenvalue weighted by Crippen LogP contribution is -2.45. The van der Waals surface area contributed by atoms with Crippen molar-refractivity contribution in [1.29, 1.82) is 0 Å². The summed E-state index contributed by atoms with van der Waals surface area (Å²) < 4.78 is 69.8. The molecule has 0 aromatic heterocycles. The fraction of sp³-hybridized carbons (Fsp3) is 0.421. The van der Waals surface area contributed by atoms with Gasteiger partial charge < -0.3 is 15.7 Å². The number of nitrogens with two attached hydrogens (primary N) is 1. The molecule has 32 heavy (non-hydrogen) atoms. The Kier molecular flexibility index (Phi) is 9.24. The number of carboxylic acid groups (broad SMARTS) is 1. The number of halogens is 6. The second-order valence-electron chi connectivity index (χ2n) is 6.75. The number of amides is 2. The molecule has 178 valence electrons. The number of nitrogens with one attached hydrogen (secondary N) is 1. The van der Waals surface area contributed by atoms with E-state index in [2.05, 4.69) is 5.32 Å². The molecular formula is C19H21F6N3O4. The van der Waals surface area contributed by atoms with Crippen LogP contribution in [0.3, 0.4) is 0 Å². The van der Waals surface area contributed by atoms with Crippen molar-refractivity contribution in [2.45, 2.75) is 44.2 Å². The van der Waals surface area contributed by atoms with Gasteiger partial charge in [-0.15, -0.1) is 0 Å². The first-order chi connectivity index (χ1) is 14.6. The third-order valence-corrected chi connectivity index (χ3v) is 4.21. The van der Waals surface area contributed by atoms with Gasteiger partial charge >= 0.3 is 18.3 Å². The molecule has 1 aromatic rings. The van der Waals surface area contributed by atoms with Crippen LogP contribution in [0.2, 0.25) is 0 Å². The van der Waals surface area contributed by atoms with Gasteiger partial charge in [0.25, 0.3) is 5.91 Å². The number of fused-ring (bicyclic) bond motifs is 1. The average molecular weight is 469 g/mol. The summed E-state index contributed by atoms with van der Waals surface area (Å²) in [4.78, 5) is 33.8. The number of alkyl halides is 6. The van der Waals surface area contributed by atoms with E-state index in [1.165, 1.54) is 11.8 Å². The van der Waals surface area contributed by atoms with Gasteiger partial charge in [-0.25, -0.2) is 4.79 Å². The molecule has 1 aliphatic rings. The van der Waals surface area contributed by atoms with E-state index in [1.807, 2.05) is 12.1 Å². The quantitative estimate of drug-likeness (QED) is 0.438. The number of hydrogen-bond acceptors (Lipinski definition) is 4. The Morgan fingerprint density at radius 3 is 2.25 bits per heavy atom. The molecule has 2 amide bonds. The number of benzene rings is 1. The van der Waals surface area contributed by atoms with E-state index >= 15 is 0 Å². The maximum atomic E-state index is 12.7. The minimum atomic E-state index is -5.08. The van der Waals surface area contributed by atoms with Gasteiger partial charge in [0.15, 0.2) is 0 Å². The van der Waals surface area contributed by atoms with Gasteiger partial charge in [-0.3, -0.25) is 14.9 Å². The topological polar surface area (TPSA) is 113 Å². The van der Waals surface area contributed by atoms with Crippen LogP contribution in [0.25, 0.3) is 0 Å². The molecule has 13 heteroatoms. The predicted molar refractivity (Wildman–Crippen MR) is 102 cm³/mol. The van der Waals surface area contributed by atoms with Crippen molar-refractivity contribution in [3.63, 3.8) is 0 Å². The molecular weight excluding hydrogens is 448 g/mol. The number of aliphatic carboxylic acids is 1. The number of para-hydroxylation sites is 1. The molecule has 1 aliphatic heterocycles.